The van der Waals surface area contributed by atoms with Crippen molar-refractivity contribution >= 4 is 11.6 Å². The van der Waals surface area contributed by atoms with Crippen LogP contribution in [0.3, 0.4) is 0 Å². The standard InChI is InChI=1S/C25H21N5O3/c1-17-5-7-19(8-6-17)33-23-9-10-24(31)30(28-23)16-25(32)29-14-12-21-20(3-2-4-22(21)29)18-11-13-26-27-15-18/h2-11,13,15H,12,14,16H2,1H3. The molecule has 0 radical (unpaired) electrons. The summed E-state index contributed by atoms with van der Waals surface area (Å²) in [7, 11) is 0. The zero-order valence-electron chi connectivity index (χ0n) is 18.0. The van der Waals surface area contributed by atoms with Gasteiger partial charge < -0.3 is 9.64 Å². The first-order valence-corrected chi connectivity index (χ1v) is 10.6. The molecule has 0 unspecified atom stereocenters. The van der Waals surface area contributed by atoms with Crippen LogP contribution in [0.4, 0.5) is 5.69 Å². The zero-order chi connectivity index (χ0) is 22.8. The first kappa shape index (κ1) is 20.6. The molecule has 1 amide bonds. The molecule has 5 rings (SSSR count). The zero-order valence-corrected chi connectivity index (χ0v) is 18.0. The minimum absolute atomic E-state index is 0.176. The summed E-state index contributed by atoms with van der Waals surface area (Å²) in [4.78, 5) is 27.2. The molecule has 0 saturated carbocycles. The lowest BCUT2D eigenvalue weighted by Crippen LogP contribution is -2.36. The molecule has 4 aromatic rings. The molecule has 0 fully saturated rings. The molecule has 0 spiro atoms. The average molecular weight is 439 g/mol. The molecule has 33 heavy (non-hydrogen) atoms. The number of hydrogen-bond acceptors (Lipinski definition) is 6. The molecule has 3 heterocycles. The van der Waals surface area contributed by atoms with Gasteiger partial charge in [0.25, 0.3) is 5.56 Å². The van der Waals surface area contributed by atoms with Crippen molar-refractivity contribution in [3.63, 3.8) is 0 Å². The molecule has 0 saturated heterocycles. The van der Waals surface area contributed by atoms with Crippen LogP contribution in [0.15, 0.2) is 77.9 Å². The molecule has 0 atom stereocenters. The van der Waals surface area contributed by atoms with Crippen LogP contribution in [0.25, 0.3) is 11.1 Å². The van der Waals surface area contributed by atoms with E-state index in [1.165, 1.54) is 12.1 Å². The Balaban J connectivity index is 1.37. The van der Waals surface area contributed by atoms with E-state index >= 15 is 0 Å². The van der Waals surface area contributed by atoms with E-state index < -0.39 is 0 Å². The minimum Gasteiger partial charge on any atom is -0.438 e. The van der Waals surface area contributed by atoms with Gasteiger partial charge >= 0.3 is 0 Å². The van der Waals surface area contributed by atoms with E-state index in [1.807, 2.05) is 55.5 Å². The Morgan fingerprint density at radius 3 is 2.67 bits per heavy atom. The van der Waals surface area contributed by atoms with Gasteiger partial charge in [-0.1, -0.05) is 29.8 Å². The van der Waals surface area contributed by atoms with Crippen molar-refractivity contribution in [3.05, 3.63) is 94.5 Å². The van der Waals surface area contributed by atoms with Gasteiger partial charge in [-0.3, -0.25) is 9.59 Å². The van der Waals surface area contributed by atoms with Gasteiger partial charge in [0.15, 0.2) is 0 Å². The molecule has 164 valence electrons. The largest absolute Gasteiger partial charge is 0.438 e. The summed E-state index contributed by atoms with van der Waals surface area (Å²) in [6, 6.07) is 18.1. The maximum absolute atomic E-state index is 13.1. The Kier molecular flexibility index (Phi) is 5.40. The Labute approximate surface area is 190 Å². The second kappa shape index (κ2) is 8.66. The van der Waals surface area contributed by atoms with E-state index in [0.29, 0.717) is 12.3 Å². The summed E-state index contributed by atoms with van der Waals surface area (Å²) >= 11 is 0. The molecular weight excluding hydrogens is 418 g/mol. The molecule has 0 N–H and O–H groups in total. The van der Waals surface area contributed by atoms with Crippen LogP contribution in [-0.4, -0.2) is 32.4 Å². The van der Waals surface area contributed by atoms with Gasteiger partial charge in [0.1, 0.15) is 12.3 Å². The van der Waals surface area contributed by atoms with Crippen LogP contribution in [-0.2, 0) is 17.8 Å². The fraction of sp³-hybridized carbons (Fsp3) is 0.160. The summed E-state index contributed by atoms with van der Waals surface area (Å²) in [5.74, 6) is 0.651. The van der Waals surface area contributed by atoms with Gasteiger partial charge in [0.2, 0.25) is 11.8 Å². The smallest absolute Gasteiger partial charge is 0.267 e. The highest BCUT2D eigenvalue weighted by atomic mass is 16.5. The van der Waals surface area contributed by atoms with Gasteiger partial charge in [0, 0.05) is 29.9 Å². The maximum Gasteiger partial charge on any atom is 0.267 e. The lowest BCUT2D eigenvalue weighted by molar-refractivity contribution is -0.119. The van der Waals surface area contributed by atoms with Crippen LogP contribution in [0, 0.1) is 6.92 Å². The van der Waals surface area contributed by atoms with Gasteiger partial charge in [-0.2, -0.15) is 10.2 Å². The third-order valence-corrected chi connectivity index (χ3v) is 5.59. The average Bonchev–Trinajstić information content (AvgIpc) is 3.28. The van der Waals surface area contributed by atoms with Gasteiger partial charge in [-0.05, 0) is 48.7 Å². The summed E-state index contributed by atoms with van der Waals surface area (Å²) in [5.41, 5.74) is 4.65. The molecule has 0 bridgehead atoms. The second-order valence-corrected chi connectivity index (χ2v) is 7.81. The van der Waals surface area contributed by atoms with Crippen molar-refractivity contribution in [3.8, 4) is 22.8 Å². The van der Waals surface area contributed by atoms with Crippen molar-refractivity contribution in [1.82, 2.24) is 20.0 Å². The highest BCUT2D eigenvalue weighted by Gasteiger charge is 2.27. The number of carbonyl (C=O) groups excluding carboxylic acids is 1. The number of rotatable bonds is 5. The van der Waals surface area contributed by atoms with E-state index in [0.717, 1.165) is 39.0 Å². The van der Waals surface area contributed by atoms with Gasteiger partial charge in [0.05, 0.1) is 12.4 Å². The number of aryl methyl sites for hydroxylation is 1. The van der Waals surface area contributed by atoms with Gasteiger partial charge in [-0.15, -0.1) is 5.10 Å². The van der Waals surface area contributed by atoms with Crippen LogP contribution in [0.1, 0.15) is 11.1 Å². The quantitative estimate of drug-likeness (QED) is 0.474. The van der Waals surface area contributed by atoms with Crippen molar-refractivity contribution in [2.75, 3.05) is 11.4 Å². The number of aromatic nitrogens is 4. The number of anilines is 1. The highest BCUT2D eigenvalue weighted by Crippen LogP contribution is 2.36. The van der Waals surface area contributed by atoms with Crippen LogP contribution in [0.2, 0.25) is 0 Å². The van der Waals surface area contributed by atoms with E-state index in [9.17, 15) is 9.59 Å². The topological polar surface area (TPSA) is 90.2 Å². The Bertz CT molecular complexity index is 1370. The highest BCUT2D eigenvalue weighted by molar-refractivity contribution is 5.96. The van der Waals surface area contributed by atoms with Crippen molar-refractivity contribution < 1.29 is 9.53 Å². The van der Waals surface area contributed by atoms with E-state index in [-0.39, 0.29) is 23.9 Å². The second-order valence-electron chi connectivity index (χ2n) is 7.81. The Morgan fingerprint density at radius 1 is 1.03 bits per heavy atom. The number of nitrogens with zero attached hydrogens (tertiary/aromatic N) is 5. The lowest BCUT2D eigenvalue weighted by atomic mass is 9.99. The van der Waals surface area contributed by atoms with Crippen molar-refractivity contribution in [1.29, 1.82) is 0 Å². The monoisotopic (exact) mass is 439 g/mol. The van der Waals surface area contributed by atoms with Crippen LogP contribution in [0.5, 0.6) is 11.6 Å². The molecular formula is C25H21N5O3. The fourth-order valence-corrected chi connectivity index (χ4v) is 3.95. The number of benzene rings is 2. The van der Waals surface area contributed by atoms with E-state index in [2.05, 4.69) is 15.3 Å². The third kappa shape index (κ3) is 4.23. The maximum atomic E-state index is 13.1. The van der Waals surface area contributed by atoms with Crippen molar-refractivity contribution in [2.45, 2.75) is 19.9 Å². The normalized spacial score (nSPS) is 12.5. The predicted octanol–water partition coefficient (Wildman–Crippen LogP) is 3.39. The van der Waals surface area contributed by atoms with Crippen molar-refractivity contribution in [2.24, 2.45) is 0 Å². The van der Waals surface area contributed by atoms with E-state index in [4.69, 9.17) is 4.74 Å². The first-order valence-electron chi connectivity index (χ1n) is 10.6. The van der Waals surface area contributed by atoms with Gasteiger partial charge in [-0.25, -0.2) is 4.68 Å². The SMILES string of the molecule is Cc1ccc(Oc2ccc(=O)n(CC(=O)N3CCc4c(-c5ccnnc5)cccc43)n2)cc1. The summed E-state index contributed by atoms with van der Waals surface area (Å²) in [6.45, 7) is 2.35. The predicted molar refractivity (Wildman–Crippen MR) is 123 cm³/mol. The van der Waals surface area contributed by atoms with Crippen LogP contribution >= 0.6 is 0 Å². The molecule has 1 aliphatic heterocycles. The van der Waals surface area contributed by atoms with E-state index in [1.54, 1.807) is 17.3 Å². The molecule has 2 aromatic heterocycles. The molecule has 8 heteroatoms. The number of fused-ring (bicyclic) bond motifs is 1. The minimum atomic E-state index is -0.365. The lowest BCUT2D eigenvalue weighted by Gasteiger charge is -2.18. The molecule has 0 aliphatic carbocycles. The molecule has 8 nitrogen and oxygen atoms in total. The Hall–Kier alpha value is -4.33. The number of ether oxygens (including phenoxy) is 1. The third-order valence-electron chi connectivity index (χ3n) is 5.59. The number of carbonyl (C=O) groups is 1. The molecule has 1 aliphatic rings. The first-order chi connectivity index (χ1) is 16.1. The summed E-state index contributed by atoms with van der Waals surface area (Å²) < 4.78 is 6.89. The summed E-state index contributed by atoms with van der Waals surface area (Å²) in [5, 5.41) is 12.0. The number of hydrogen-bond donors (Lipinski definition) is 0. The van der Waals surface area contributed by atoms with Crippen LogP contribution < -0.4 is 15.2 Å². The Morgan fingerprint density at radius 2 is 1.88 bits per heavy atom. The molecule has 2 aromatic carbocycles. The summed E-state index contributed by atoms with van der Waals surface area (Å²) in [6.07, 6.45) is 4.08. The fourth-order valence-electron chi connectivity index (χ4n) is 3.95. The number of amides is 1.